The van der Waals surface area contributed by atoms with E-state index < -0.39 is 6.04 Å². The minimum Gasteiger partial charge on any atom is -0.350 e. The summed E-state index contributed by atoms with van der Waals surface area (Å²) in [6, 6.07) is 14.9. The number of rotatable bonds is 7. The van der Waals surface area contributed by atoms with Crippen molar-refractivity contribution in [1.82, 2.24) is 10.2 Å². The van der Waals surface area contributed by atoms with Crippen molar-refractivity contribution < 1.29 is 14.0 Å². The summed E-state index contributed by atoms with van der Waals surface area (Å²) < 4.78 is 13.1. The number of hydrogen-bond acceptors (Lipinski definition) is 2. The van der Waals surface area contributed by atoms with Gasteiger partial charge in [0.2, 0.25) is 11.8 Å². The highest BCUT2D eigenvalue weighted by molar-refractivity contribution is 5.87. The van der Waals surface area contributed by atoms with Crippen molar-refractivity contribution in [3.05, 3.63) is 71.5 Å². The lowest BCUT2D eigenvalue weighted by Crippen LogP contribution is -2.47. The molecule has 0 aliphatic heterocycles. The molecule has 1 unspecified atom stereocenters. The van der Waals surface area contributed by atoms with Gasteiger partial charge in [-0.3, -0.25) is 9.59 Å². The Hall–Kier alpha value is -2.69. The number of benzene rings is 2. The second kappa shape index (κ2) is 8.97. The van der Waals surface area contributed by atoms with E-state index in [2.05, 4.69) is 5.32 Å². The van der Waals surface area contributed by atoms with Crippen LogP contribution in [0.25, 0.3) is 0 Å². The summed E-state index contributed by atoms with van der Waals surface area (Å²) >= 11 is 0. The van der Waals surface area contributed by atoms with Crippen LogP contribution >= 0.6 is 0 Å². The van der Waals surface area contributed by atoms with Crippen molar-refractivity contribution in [3.63, 3.8) is 0 Å². The fraction of sp³-hybridized carbons (Fsp3) is 0.300. The summed E-state index contributed by atoms with van der Waals surface area (Å²) in [5.74, 6) is -0.662. The number of nitrogens with one attached hydrogen (secondary N) is 1. The number of amides is 2. The summed E-state index contributed by atoms with van der Waals surface area (Å²) in [5.41, 5.74) is 1.78. The molecule has 2 rings (SSSR count). The zero-order chi connectivity index (χ0) is 18.2. The minimum absolute atomic E-state index is 0.119. The van der Waals surface area contributed by atoms with Gasteiger partial charge in [0.15, 0.2) is 0 Å². The topological polar surface area (TPSA) is 49.4 Å². The second-order valence-corrected chi connectivity index (χ2v) is 5.88. The lowest BCUT2D eigenvalue weighted by Gasteiger charge is -2.28. The molecule has 132 valence electrons. The number of carbonyl (C=O) groups excluding carboxylic acids is 2. The van der Waals surface area contributed by atoms with Gasteiger partial charge < -0.3 is 10.2 Å². The van der Waals surface area contributed by atoms with E-state index in [-0.39, 0.29) is 24.2 Å². The largest absolute Gasteiger partial charge is 0.350 e. The van der Waals surface area contributed by atoms with Gasteiger partial charge in [-0.2, -0.15) is 0 Å². The van der Waals surface area contributed by atoms with Crippen molar-refractivity contribution in [3.8, 4) is 0 Å². The Morgan fingerprint density at radius 1 is 1.04 bits per heavy atom. The SMILES string of the molecule is CCC(=O)N(Cc1ccc(F)cc1)C(C)C(=O)NCc1ccccc1. The Kier molecular flexibility index (Phi) is 6.69. The first-order chi connectivity index (χ1) is 12.0. The van der Waals surface area contributed by atoms with Gasteiger partial charge in [0.05, 0.1) is 0 Å². The molecule has 0 spiro atoms. The molecule has 1 atom stereocenters. The van der Waals surface area contributed by atoms with Crippen LogP contribution in [0.5, 0.6) is 0 Å². The molecule has 0 heterocycles. The van der Waals surface area contributed by atoms with Gasteiger partial charge >= 0.3 is 0 Å². The van der Waals surface area contributed by atoms with E-state index in [0.717, 1.165) is 11.1 Å². The quantitative estimate of drug-likeness (QED) is 0.839. The van der Waals surface area contributed by atoms with Gasteiger partial charge in [-0.1, -0.05) is 49.4 Å². The van der Waals surface area contributed by atoms with Crippen LogP contribution in [0.4, 0.5) is 4.39 Å². The van der Waals surface area contributed by atoms with Crippen LogP contribution in [0.2, 0.25) is 0 Å². The monoisotopic (exact) mass is 342 g/mol. The minimum atomic E-state index is -0.610. The molecule has 5 heteroatoms. The lowest BCUT2D eigenvalue weighted by molar-refractivity contribution is -0.140. The summed E-state index contributed by atoms with van der Waals surface area (Å²) in [7, 11) is 0. The Labute approximate surface area is 147 Å². The molecule has 4 nitrogen and oxygen atoms in total. The average molecular weight is 342 g/mol. The molecule has 0 saturated carbocycles. The molecule has 0 saturated heterocycles. The van der Waals surface area contributed by atoms with E-state index in [1.807, 2.05) is 30.3 Å². The number of nitrogens with zero attached hydrogens (tertiary/aromatic N) is 1. The smallest absolute Gasteiger partial charge is 0.242 e. The van der Waals surface area contributed by atoms with Crippen molar-refractivity contribution in [1.29, 1.82) is 0 Å². The van der Waals surface area contributed by atoms with Gasteiger partial charge in [0.25, 0.3) is 0 Å². The highest BCUT2D eigenvalue weighted by Crippen LogP contribution is 2.12. The van der Waals surface area contributed by atoms with E-state index >= 15 is 0 Å². The molecule has 2 aromatic carbocycles. The Morgan fingerprint density at radius 3 is 2.28 bits per heavy atom. The van der Waals surface area contributed by atoms with Crippen molar-refractivity contribution in [2.75, 3.05) is 0 Å². The predicted octanol–water partition coefficient (Wildman–Crippen LogP) is 3.27. The van der Waals surface area contributed by atoms with Crippen LogP contribution in [-0.2, 0) is 22.7 Å². The number of hydrogen-bond donors (Lipinski definition) is 1. The van der Waals surface area contributed by atoms with Crippen molar-refractivity contribution in [2.45, 2.75) is 39.4 Å². The van der Waals surface area contributed by atoms with Gasteiger partial charge in [-0.05, 0) is 30.2 Å². The molecular formula is C20H23FN2O2. The Bertz CT molecular complexity index is 701. The van der Waals surface area contributed by atoms with E-state index in [1.54, 1.807) is 26.0 Å². The standard InChI is InChI=1S/C20H23FN2O2/c1-3-19(24)23(14-17-9-11-18(21)12-10-17)15(2)20(25)22-13-16-7-5-4-6-8-16/h4-12,15H,3,13-14H2,1-2H3,(H,22,25). The van der Waals surface area contributed by atoms with Gasteiger partial charge in [-0.25, -0.2) is 4.39 Å². The molecule has 0 bridgehead atoms. The zero-order valence-electron chi connectivity index (χ0n) is 14.5. The fourth-order valence-corrected chi connectivity index (χ4v) is 2.50. The van der Waals surface area contributed by atoms with E-state index in [4.69, 9.17) is 0 Å². The van der Waals surface area contributed by atoms with Crippen LogP contribution in [0.15, 0.2) is 54.6 Å². The summed E-state index contributed by atoms with van der Waals surface area (Å²) in [6.45, 7) is 4.15. The molecule has 2 amide bonds. The number of halogens is 1. The normalized spacial score (nSPS) is 11.6. The van der Waals surface area contributed by atoms with Gasteiger partial charge in [0.1, 0.15) is 11.9 Å². The summed E-state index contributed by atoms with van der Waals surface area (Å²) in [6.07, 6.45) is 0.303. The van der Waals surface area contributed by atoms with Crippen LogP contribution in [-0.4, -0.2) is 22.8 Å². The van der Waals surface area contributed by atoms with Crippen LogP contribution in [0.1, 0.15) is 31.4 Å². The predicted molar refractivity (Wildman–Crippen MR) is 95.0 cm³/mol. The van der Waals surface area contributed by atoms with E-state index in [9.17, 15) is 14.0 Å². The molecule has 0 radical (unpaired) electrons. The number of carbonyl (C=O) groups is 2. The lowest BCUT2D eigenvalue weighted by atomic mass is 10.1. The second-order valence-electron chi connectivity index (χ2n) is 5.88. The average Bonchev–Trinajstić information content (AvgIpc) is 2.65. The first-order valence-electron chi connectivity index (χ1n) is 8.36. The third kappa shape index (κ3) is 5.41. The maximum absolute atomic E-state index is 13.1. The summed E-state index contributed by atoms with van der Waals surface area (Å²) in [4.78, 5) is 26.3. The van der Waals surface area contributed by atoms with Crippen LogP contribution in [0, 0.1) is 5.82 Å². The first-order valence-corrected chi connectivity index (χ1v) is 8.36. The summed E-state index contributed by atoms with van der Waals surface area (Å²) in [5, 5.41) is 2.86. The molecule has 0 aromatic heterocycles. The molecule has 1 N–H and O–H groups in total. The third-order valence-electron chi connectivity index (χ3n) is 4.05. The Balaban J connectivity index is 2.03. The molecule has 0 fully saturated rings. The van der Waals surface area contributed by atoms with E-state index in [1.165, 1.54) is 17.0 Å². The van der Waals surface area contributed by atoms with Crippen molar-refractivity contribution >= 4 is 11.8 Å². The highest BCUT2D eigenvalue weighted by Gasteiger charge is 2.24. The third-order valence-corrected chi connectivity index (χ3v) is 4.05. The fourth-order valence-electron chi connectivity index (χ4n) is 2.50. The Morgan fingerprint density at radius 2 is 1.68 bits per heavy atom. The van der Waals surface area contributed by atoms with Crippen LogP contribution < -0.4 is 5.32 Å². The maximum atomic E-state index is 13.1. The molecule has 2 aromatic rings. The molecule has 0 aliphatic carbocycles. The van der Waals surface area contributed by atoms with Gasteiger partial charge in [0, 0.05) is 19.5 Å². The maximum Gasteiger partial charge on any atom is 0.242 e. The molecule has 25 heavy (non-hydrogen) atoms. The van der Waals surface area contributed by atoms with Gasteiger partial charge in [-0.15, -0.1) is 0 Å². The molecular weight excluding hydrogens is 319 g/mol. The first kappa shape index (κ1) is 18.6. The highest BCUT2D eigenvalue weighted by atomic mass is 19.1. The van der Waals surface area contributed by atoms with Crippen LogP contribution in [0.3, 0.4) is 0 Å². The van der Waals surface area contributed by atoms with Crippen molar-refractivity contribution in [2.24, 2.45) is 0 Å². The zero-order valence-corrected chi connectivity index (χ0v) is 14.5. The van der Waals surface area contributed by atoms with E-state index in [0.29, 0.717) is 13.0 Å². The molecule has 0 aliphatic rings.